The minimum Gasteiger partial charge on any atom is -0.389 e. The number of hydrogen-bond donors (Lipinski definition) is 1. The minimum absolute atomic E-state index is 0.440. The predicted molar refractivity (Wildman–Crippen MR) is 82.8 cm³/mol. The van der Waals surface area contributed by atoms with Gasteiger partial charge in [-0.2, -0.15) is 0 Å². The van der Waals surface area contributed by atoms with Crippen LogP contribution in [0.2, 0.25) is 0 Å². The Balaban J connectivity index is 2.89. The van der Waals surface area contributed by atoms with Crippen LogP contribution in [-0.2, 0) is 0 Å². The monoisotopic (exact) mass is 314 g/mol. The van der Waals surface area contributed by atoms with Crippen molar-refractivity contribution in [2.75, 3.05) is 18.5 Å². The molecule has 2 N–H and O–H groups in total. The van der Waals surface area contributed by atoms with Gasteiger partial charge in [0.1, 0.15) is 4.99 Å². The van der Waals surface area contributed by atoms with Crippen molar-refractivity contribution in [3.8, 4) is 0 Å². The molecule has 0 saturated carbocycles. The van der Waals surface area contributed by atoms with Crippen molar-refractivity contribution < 1.29 is 0 Å². The van der Waals surface area contributed by atoms with Crippen LogP contribution >= 0.6 is 28.1 Å². The number of benzene rings is 1. The highest BCUT2D eigenvalue weighted by molar-refractivity contribution is 9.10. The minimum atomic E-state index is 0.440. The second-order valence-corrected chi connectivity index (χ2v) is 5.42. The van der Waals surface area contributed by atoms with Crippen molar-refractivity contribution >= 4 is 38.8 Å². The maximum Gasteiger partial charge on any atom is 0.107 e. The van der Waals surface area contributed by atoms with Crippen LogP contribution in [0.4, 0.5) is 5.69 Å². The van der Waals surface area contributed by atoms with Crippen molar-refractivity contribution in [3.63, 3.8) is 0 Å². The standard InChI is InChI=1S/C13H19BrN2S/c1-3-4-5-9-16(2)11-8-6-7-10(14)12(11)13(15)17/h6-8H,3-5,9H2,1-2H3,(H2,15,17). The van der Waals surface area contributed by atoms with Crippen LogP contribution in [-0.4, -0.2) is 18.6 Å². The van der Waals surface area contributed by atoms with E-state index in [-0.39, 0.29) is 0 Å². The zero-order valence-electron chi connectivity index (χ0n) is 10.4. The fourth-order valence-electron chi connectivity index (χ4n) is 1.79. The quantitative estimate of drug-likeness (QED) is 0.641. The molecular weight excluding hydrogens is 296 g/mol. The van der Waals surface area contributed by atoms with E-state index in [1.54, 1.807) is 0 Å². The summed E-state index contributed by atoms with van der Waals surface area (Å²) in [5.41, 5.74) is 7.81. The summed E-state index contributed by atoms with van der Waals surface area (Å²) in [4.78, 5) is 2.66. The van der Waals surface area contributed by atoms with Gasteiger partial charge in [-0.3, -0.25) is 0 Å². The second-order valence-electron chi connectivity index (χ2n) is 4.13. The first-order valence-electron chi connectivity index (χ1n) is 5.87. The Hall–Kier alpha value is -0.610. The molecule has 2 nitrogen and oxygen atoms in total. The summed E-state index contributed by atoms with van der Waals surface area (Å²) >= 11 is 8.62. The van der Waals surface area contributed by atoms with Crippen molar-refractivity contribution in [1.29, 1.82) is 0 Å². The molecule has 1 aromatic rings. The van der Waals surface area contributed by atoms with E-state index in [9.17, 15) is 0 Å². The number of nitrogens with two attached hydrogens (primary N) is 1. The summed E-state index contributed by atoms with van der Waals surface area (Å²) < 4.78 is 0.963. The summed E-state index contributed by atoms with van der Waals surface area (Å²) in [6.45, 7) is 3.24. The molecule has 0 bridgehead atoms. The van der Waals surface area contributed by atoms with E-state index in [0.717, 1.165) is 22.3 Å². The van der Waals surface area contributed by atoms with Crippen LogP contribution in [0.25, 0.3) is 0 Å². The van der Waals surface area contributed by atoms with Gasteiger partial charge < -0.3 is 10.6 Å². The molecule has 0 amide bonds. The summed E-state index contributed by atoms with van der Waals surface area (Å²) in [6.07, 6.45) is 3.67. The third kappa shape index (κ3) is 3.96. The zero-order chi connectivity index (χ0) is 12.8. The van der Waals surface area contributed by atoms with E-state index in [4.69, 9.17) is 18.0 Å². The lowest BCUT2D eigenvalue weighted by Gasteiger charge is -2.22. The Morgan fingerprint density at radius 1 is 1.41 bits per heavy atom. The Kier molecular flexibility index (Phi) is 5.92. The Morgan fingerprint density at radius 3 is 2.71 bits per heavy atom. The number of halogens is 1. The van der Waals surface area contributed by atoms with Crippen LogP contribution < -0.4 is 10.6 Å². The fraction of sp³-hybridized carbons (Fsp3) is 0.462. The molecule has 0 spiro atoms. The molecular formula is C13H19BrN2S. The van der Waals surface area contributed by atoms with E-state index < -0.39 is 0 Å². The second kappa shape index (κ2) is 6.97. The normalized spacial score (nSPS) is 10.3. The smallest absolute Gasteiger partial charge is 0.107 e. The fourth-order valence-corrected chi connectivity index (χ4v) is 2.71. The molecule has 0 unspecified atom stereocenters. The van der Waals surface area contributed by atoms with Gasteiger partial charge in [-0.15, -0.1) is 0 Å². The molecule has 0 aromatic heterocycles. The summed E-state index contributed by atoms with van der Waals surface area (Å²) in [5.74, 6) is 0. The van der Waals surface area contributed by atoms with Crippen LogP contribution in [0.1, 0.15) is 31.7 Å². The summed E-state index contributed by atoms with van der Waals surface area (Å²) in [5, 5.41) is 0. The molecule has 94 valence electrons. The highest BCUT2D eigenvalue weighted by atomic mass is 79.9. The maximum atomic E-state index is 5.78. The lowest BCUT2D eigenvalue weighted by Crippen LogP contribution is -2.23. The zero-order valence-corrected chi connectivity index (χ0v) is 12.8. The Morgan fingerprint density at radius 2 is 2.12 bits per heavy atom. The molecule has 0 saturated heterocycles. The largest absolute Gasteiger partial charge is 0.389 e. The van der Waals surface area contributed by atoms with Crippen molar-refractivity contribution in [3.05, 3.63) is 28.2 Å². The molecule has 17 heavy (non-hydrogen) atoms. The number of unbranched alkanes of at least 4 members (excludes halogenated alkanes) is 2. The Bertz CT molecular complexity index is 393. The van der Waals surface area contributed by atoms with Gasteiger partial charge in [0.05, 0.1) is 0 Å². The molecule has 0 atom stereocenters. The number of nitrogens with zero attached hydrogens (tertiary/aromatic N) is 1. The van der Waals surface area contributed by atoms with Gasteiger partial charge in [-0.05, 0) is 34.5 Å². The van der Waals surface area contributed by atoms with Gasteiger partial charge in [0.2, 0.25) is 0 Å². The van der Waals surface area contributed by atoms with Gasteiger partial charge in [-0.1, -0.05) is 38.0 Å². The third-order valence-corrected chi connectivity index (χ3v) is 3.61. The maximum absolute atomic E-state index is 5.78. The Labute approximate surface area is 117 Å². The van der Waals surface area contributed by atoms with Crippen LogP contribution in [0.3, 0.4) is 0 Å². The van der Waals surface area contributed by atoms with E-state index >= 15 is 0 Å². The van der Waals surface area contributed by atoms with Gasteiger partial charge in [0, 0.05) is 29.3 Å². The number of anilines is 1. The summed E-state index contributed by atoms with van der Waals surface area (Å²) in [6, 6.07) is 6.04. The van der Waals surface area contributed by atoms with Crippen molar-refractivity contribution in [1.82, 2.24) is 0 Å². The molecule has 0 fully saturated rings. The van der Waals surface area contributed by atoms with Crippen LogP contribution in [0.5, 0.6) is 0 Å². The van der Waals surface area contributed by atoms with Gasteiger partial charge in [0.25, 0.3) is 0 Å². The summed E-state index contributed by atoms with van der Waals surface area (Å²) in [7, 11) is 2.08. The number of thiocarbonyl (C=S) groups is 1. The number of rotatable bonds is 6. The van der Waals surface area contributed by atoms with Crippen molar-refractivity contribution in [2.45, 2.75) is 26.2 Å². The third-order valence-electron chi connectivity index (χ3n) is 2.75. The first-order valence-corrected chi connectivity index (χ1v) is 7.07. The van der Waals surface area contributed by atoms with E-state index in [1.165, 1.54) is 19.3 Å². The highest BCUT2D eigenvalue weighted by Crippen LogP contribution is 2.27. The molecule has 0 radical (unpaired) electrons. The predicted octanol–water partition coefficient (Wildman–Crippen LogP) is 3.71. The SMILES string of the molecule is CCCCCN(C)c1cccc(Br)c1C(N)=S. The van der Waals surface area contributed by atoms with E-state index in [1.807, 2.05) is 12.1 Å². The average Bonchev–Trinajstić information content (AvgIpc) is 2.28. The van der Waals surface area contributed by atoms with Crippen molar-refractivity contribution in [2.24, 2.45) is 5.73 Å². The van der Waals surface area contributed by atoms with Gasteiger partial charge in [-0.25, -0.2) is 0 Å². The molecule has 1 rings (SSSR count). The molecule has 0 aliphatic rings. The molecule has 4 heteroatoms. The lowest BCUT2D eigenvalue weighted by molar-refractivity contribution is 0.705. The molecule has 0 heterocycles. The number of hydrogen-bond acceptors (Lipinski definition) is 2. The topological polar surface area (TPSA) is 29.3 Å². The lowest BCUT2D eigenvalue weighted by atomic mass is 10.1. The van der Waals surface area contributed by atoms with Crippen LogP contribution in [0, 0.1) is 0 Å². The molecule has 0 aliphatic heterocycles. The molecule has 0 aliphatic carbocycles. The average molecular weight is 315 g/mol. The first-order chi connectivity index (χ1) is 8.07. The van der Waals surface area contributed by atoms with Gasteiger partial charge >= 0.3 is 0 Å². The van der Waals surface area contributed by atoms with Crippen LogP contribution in [0.15, 0.2) is 22.7 Å². The van der Waals surface area contributed by atoms with E-state index in [0.29, 0.717) is 4.99 Å². The van der Waals surface area contributed by atoms with E-state index in [2.05, 4.69) is 40.9 Å². The van der Waals surface area contributed by atoms with Gasteiger partial charge in [0.15, 0.2) is 0 Å². The highest BCUT2D eigenvalue weighted by Gasteiger charge is 2.12. The molecule has 1 aromatic carbocycles. The first kappa shape index (κ1) is 14.5.